The highest BCUT2D eigenvalue weighted by atomic mass is 32.1. The lowest BCUT2D eigenvalue weighted by Gasteiger charge is -2.24. The number of hydrogen-bond donors (Lipinski definition) is 1. The molecular weight excluding hydrogens is 294 g/mol. The van der Waals surface area contributed by atoms with Gasteiger partial charge in [-0.05, 0) is 38.9 Å². The van der Waals surface area contributed by atoms with Crippen LogP contribution in [0.2, 0.25) is 0 Å². The minimum absolute atomic E-state index is 0.0664. The number of fused-ring (bicyclic) bond motifs is 1. The molecule has 0 saturated heterocycles. The molecule has 22 heavy (non-hydrogen) atoms. The van der Waals surface area contributed by atoms with Gasteiger partial charge in [-0.25, -0.2) is 4.98 Å². The number of hydrogen-bond acceptors (Lipinski definition) is 4. The molecule has 2 rings (SSSR count). The average Bonchev–Trinajstić information content (AvgIpc) is 2.89. The van der Waals surface area contributed by atoms with Crippen molar-refractivity contribution in [2.45, 2.75) is 39.8 Å². The van der Waals surface area contributed by atoms with Crippen molar-refractivity contribution in [3.8, 4) is 0 Å². The van der Waals surface area contributed by atoms with Gasteiger partial charge in [0.2, 0.25) is 5.91 Å². The largest absolute Gasteiger partial charge is 0.352 e. The van der Waals surface area contributed by atoms with Gasteiger partial charge in [0.05, 0.1) is 22.8 Å². The Bertz CT molecular complexity index is 605. The van der Waals surface area contributed by atoms with Crippen molar-refractivity contribution in [3.63, 3.8) is 0 Å². The summed E-state index contributed by atoms with van der Waals surface area (Å²) in [5.41, 5.74) is 1.03. The normalized spacial score (nSPS) is 14.5. The van der Waals surface area contributed by atoms with Crippen LogP contribution in [0.25, 0.3) is 10.2 Å². The molecular formula is C17H25N3OS. The summed E-state index contributed by atoms with van der Waals surface area (Å²) in [6.45, 7) is 8.74. The van der Waals surface area contributed by atoms with Gasteiger partial charge >= 0.3 is 0 Å². The lowest BCUT2D eigenvalue weighted by molar-refractivity contribution is -0.123. The molecule has 0 spiro atoms. The zero-order valence-corrected chi connectivity index (χ0v) is 14.8. The zero-order chi connectivity index (χ0) is 16.3. The number of likely N-dealkylation sites (N-methyl/N-ethyl adjacent to an activating group) is 1. The number of nitrogens with one attached hydrogen (secondary N) is 1. The van der Waals surface area contributed by atoms with E-state index in [2.05, 4.69) is 37.1 Å². The highest BCUT2D eigenvalue weighted by Crippen LogP contribution is 2.28. The maximum atomic E-state index is 12.1. The molecule has 0 unspecified atom stereocenters. The van der Waals surface area contributed by atoms with E-state index >= 15 is 0 Å². The van der Waals surface area contributed by atoms with E-state index in [4.69, 9.17) is 0 Å². The summed E-state index contributed by atoms with van der Waals surface area (Å²) >= 11 is 1.70. The van der Waals surface area contributed by atoms with Crippen molar-refractivity contribution in [3.05, 3.63) is 29.3 Å². The fourth-order valence-corrected chi connectivity index (χ4v) is 3.17. The van der Waals surface area contributed by atoms with Gasteiger partial charge in [-0.2, -0.15) is 0 Å². The third kappa shape index (κ3) is 4.05. The number of thiazole rings is 1. The highest BCUT2D eigenvalue weighted by Gasteiger charge is 2.19. The number of aromatic nitrogens is 1. The molecule has 1 amide bonds. The molecule has 0 aliphatic carbocycles. The molecule has 0 bridgehead atoms. The maximum absolute atomic E-state index is 12.1. The molecule has 2 aromatic rings. The summed E-state index contributed by atoms with van der Waals surface area (Å²) in [5.74, 6) is 0.507. The van der Waals surface area contributed by atoms with Gasteiger partial charge in [-0.3, -0.25) is 9.69 Å². The van der Waals surface area contributed by atoms with Gasteiger partial charge in [0.25, 0.3) is 0 Å². The summed E-state index contributed by atoms with van der Waals surface area (Å²) in [6, 6.07) is 8.45. The standard InChI is InChI=1S/C17H25N3OS/c1-11(2)12(3)18-16(21)10-20(5)13(4)17-19-14-8-6-7-9-15(14)22-17/h6-9,11-13H,10H2,1-5H3,(H,18,21)/t12-,13-/m0/s1. The van der Waals surface area contributed by atoms with E-state index in [0.29, 0.717) is 12.5 Å². The Labute approximate surface area is 136 Å². The summed E-state index contributed by atoms with van der Waals surface area (Å²) < 4.78 is 1.19. The first-order valence-electron chi connectivity index (χ1n) is 7.73. The number of rotatable bonds is 6. The van der Waals surface area contributed by atoms with Crippen LogP contribution in [0, 0.1) is 5.92 Å². The van der Waals surface area contributed by atoms with E-state index in [1.54, 1.807) is 11.3 Å². The second-order valence-electron chi connectivity index (χ2n) is 6.21. The maximum Gasteiger partial charge on any atom is 0.234 e. The number of amides is 1. The minimum atomic E-state index is 0.0664. The number of nitrogens with zero attached hydrogens (tertiary/aromatic N) is 2. The van der Waals surface area contributed by atoms with Crippen molar-refractivity contribution in [2.75, 3.05) is 13.6 Å². The van der Waals surface area contributed by atoms with Gasteiger partial charge in [0.15, 0.2) is 0 Å². The minimum Gasteiger partial charge on any atom is -0.352 e. The second-order valence-corrected chi connectivity index (χ2v) is 7.27. The van der Waals surface area contributed by atoms with Crippen molar-refractivity contribution >= 4 is 27.5 Å². The van der Waals surface area contributed by atoms with E-state index in [1.807, 2.05) is 37.1 Å². The van der Waals surface area contributed by atoms with Crippen LogP contribution in [0.15, 0.2) is 24.3 Å². The van der Waals surface area contributed by atoms with Crippen LogP contribution >= 0.6 is 11.3 Å². The van der Waals surface area contributed by atoms with E-state index in [0.717, 1.165) is 10.5 Å². The molecule has 0 saturated carbocycles. The SMILES string of the molecule is CC(C)[C@H](C)NC(=O)CN(C)[C@@H](C)c1nc2ccccc2s1. The Hall–Kier alpha value is -1.46. The first kappa shape index (κ1) is 16.9. The lowest BCUT2D eigenvalue weighted by atomic mass is 10.1. The topological polar surface area (TPSA) is 45.2 Å². The van der Waals surface area contributed by atoms with E-state index in [-0.39, 0.29) is 18.0 Å². The third-order valence-electron chi connectivity index (χ3n) is 4.11. The molecule has 2 atom stereocenters. The molecule has 120 valence electrons. The Kier molecular flexibility index (Phi) is 5.53. The van der Waals surface area contributed by atoms with Gasteiger partial charge < -0.3 is 5.32 Å². The molecule has 5 heteroatoms. The Morgan fingerprint density at radius 3 is 2.59 bits per heavy atom. The molecule has 1 heterocycles. The van der Waals surface area contributed by atoms with Crippen LogP contribution in [-0.2, 0) is 4.79 Å². The first-order chi connectivity index (χ1) is 10.4. The van der Waals surface area contributed by atoms with E-state index in [9.17, 15) is 4.79 Å². The summed E-state index contributed by atoms with van der Waals surface area (Å²) in [7, 11) is 1.97. The predicted octanol–water partition coefficient (Wildman–Crippen LogP) is 3.45. The number of para-hydroxylation sites is 1. The number of carbonyl (C=O) groups is 1. The summed E-state index contributed by atoms with van der Waals surface area (Å²) in [6.07, 6.45) is 0. The molecule has 1 aromatic heterocycles. The van der Waals surface area contributed by atoms with Crippen molar-refractivity contribution in [1.29, 1.82) is 0 Å². The summed E-state index contributed by atoms with van der Waals surface area (Å²) in [5, 5.41) is 4.09. The molecule has 0 radical (unpaired) electrons. The molecule has 1 N–H and O–H groups in total. The van der Waals surface area contributed by atoms with Gasteiger partial charge in [-0.1, -0.05) is 26.0 Å². The van der Waals surface area contributed by atoms with E-state index in [1.165, 1.54) is 4.70 Å². The van der Waals surface area contributed by atoms with Crippen LogP contribution in [0.4, 0.5) is 0 Å². The van der Waals surface area contributed by atoms with Crippen LogP contribution < -0.4 is 5.32 Å². The molecule has 4 nitrogen and oxygen atoms in total. The Morgan fingerprint density at radius 2 is 1.95 bits per heavy atom. The summed E-state index contributed by atoms with van der Waals surface area (Å²) in [4.78, 5) is 18.8. The number of benzene rings is 1. The molecule has 0 aliphatic heterocycles. The second kappa shape index (κ2) is 7.20. The van der Waals surface area contributed by atoms with Gasteiger partial charge in [0, 0.05) is 6.04 Å². The Morgan fingerprint density at radius 1 is 1.27 bits per heavy atom. The van der Waals surface area contributed by atoms with Crippen LogP contribution in [0.5, 0.6) is 0 Å². The molecule has 0 aliphatic rings. The van der Waals surface area contributed by atoms with Crippen LogP contribution in [0.1, 0.15) is 38.7 Å². The molecule has 0 fully saturated rings. The van der Waals surface area contributed by atoms with Crippen molar-refractivity contribution in [2.24, 2.45) is 5.92 Å². The fourth-order valence-electron chi connectivity index (χ4n) is 2.09. The van der Waals surface area contributed by atoms with Gasteiger partial charge in [0.1, 0.15) is 5.01 Å². The lowest BCUT2D eigenvalue weighted by Crippen LogP contribution is -2.42. The first-order valence-corrected chi connectivity index (χ1v) is 8.55. The number of carbonyl (C=O) groups excluding carboxylic acids is 1. The fraction of sp³-hybridized carbons (Fsp3) is 0.529. The quantitative estimate of drug-likeness (QED) is 0.887. The van der Waals surface area contributed by atoms with Crippen molar-refractivity contribution in [1.82, 2.24) is 15.2 Å². The van der Waals surface area contributed by atoms with Crippen molar-refractivity contribution < 1.29 is 4.79 Å². The van der Waals surface area contributed by atoms with Crippen LogP contribution in [-0.4, -0.2) is 35.4 Å². The highest BCUT2D eigenvalue weighted by molar-refractivity contribution is 7.18. The average molecular weight is 319 g/mol. The monoisotopic (exact) mass is 319 g/mol. The Balaban J connectivity index is 1.99. The van der Waals surface area contributed by atoms with E-state index < -0.39 is 0 Å². The third-order valence-corrected chi connectivity index (χ3v) is 5.32. The van der Waals surface area contributed by atoms with Gasteiger partial charge in [-0.15, -0.1) is 11.3 Å². The van der Waals surface area contributed by atoms with Crippen LogP contribution in [0.3, 0.4) is 0 Å². The zero-order valence-electron chi connectivity index (χ0n) is 14.0. The smallest absolute Gasteiger partial charge is 0.234 e. The predicted molar refractivity (Wildman–Crippen MR) is 93.1 cm³/mol. The molecule has 1 aromatic carbocycles.